The van der Waals surface area contributed by atoms with E-state index in [2.05, 4.69) is 69.1 Å². The first-order valence-electron chi connectivity index (χ1n) is 9.68. The molecule has 0 spiro atoms. The van der Waals surface area contributed by atoms with E-state index in [0.717, 1.165) is 38.8 Å². The molecule has 3 heterocycles. The van der Waals surface area contributed by atoms with Crippen LogP contribution in [0.3, 0.4) is 0 Å². The highest BCUT2D eigenvalue weighted by Gasteiger charge is 2.16. The fraction of sp³-hybridized carbons (Fsp3) is 0.0833. The molecule has 3 aromatic heterocycles. The molecule has 0 N–H and O–H groups in total. The van der Waals surface area contributed by atoms with Crippen molar-refractivity contribution in [3.8, 4) is 17.1 Å². The summed E-state index contributed by atoms with van der Waals surface area (Å²) < 4.78 is 2.10. The van der Waals surface area contributed by atoms with E-state index in [0.29, 0.717) is 5.75 Å². The molecule has 5 nitrogen and oxygen atoms in total. The summed E-state index contributed by atoms with van der Waals surface area (Å²) in [6.45, 7) is 2.08. The Bertz CT molecular complexity index is 1300. The number of benzene rings is 2. The van der Waals surface area contributed by atoms with Gasteiger partial charge in [0.05, 0.1) is 11.2 Å². The number of aromatic nitrogens is 5. The summed E-state index contributed by atoms with van der Waals surface area (Å²) in [6.07, 6.45) is 3.55. The van der Waals surface area contributed by atoms with E-state index in [1.807, 2.05) is 30.3 Å². The Morgan fingerprint density at radius 3 is 2.47 bits per heavy atom. The number of pyridine rings is 2. The molecule has 0 radical (unpaired) electrons. The third-order valence-electron chi connectivity index (χ3n) is 4.87. The molecule has 0 bridgehead atoms. The van der Waals surface area contributed by atoms with E-state index in [4.69, 9.17) is 4.98 Å². The van der Waals surface area contributed by atoms with Crippen LogP contribution in [-0.2, 0) is 5.75 Å². The molecule has 0 aliphatic carbocycles. The summed E-state index contributed by atoms with van der Waals surface area (Å²) in [5, 5.41) is 11.0. The third-order valence-corrected chi connectivity index (χ3v) is 5.83. The van der Waals surface area contributed by atoms with Crippen LogP contribution in [0.5, 0.6) is 0 Å². The average Bonchev–Trinajstić information content (AvgIpc) is 3.22. The summed E-state index contributed by atoms with van der Waals surface area (Å²) in [5.74, 6) is 1.51. The van der Waals surface area contributed by atoms with Crippen molar-refractivity contribution in [2.45, 2.75) is 17.8 Å². The maximum absolute atomic E-state index is 4.78. The summed E-state index contributed by atoms with van der Waals surface area (Å²) in [6, 6.07) is 24.7. The first kappa shape index (κ1) is 18.5. The van der Waals surface area contributed by atoms with Crippen molar-refractivity contribution >= 4 is 22.7 Å². The van der Waals surface area contributed by atoms with Crippen LogP contribution in [0.2, 0.25) is 0 Å². The maximum Gasteiger partial charge on any atom is 0.196 e. The Kier molecular flexibility index (Phi) is 4.99. The molecule has 0 saturated heterocycles. The zero-order chi connectivity index (χ0) is 20.3. The fourth-order valence-electron chi connectivity index (χ4n) is 3.31. The molecule has 5 rings (SSSR count). The number of para-hydroxylation sites is 1. The molecule has 0 saturated carbocycles. The van der Waals surface area contributed by atoms with Crippen LogP contribution < -0.4 is 0 Å². The van der Waals surface area contributed by atoms with Gasteiger partial charge in [-0.3, -0.25) is 14.5 Å². The number of rotatable bonds is 5. The number of hydrogen-bond donors (Lipinski definition) is 0. The molecule has 0 unspecified atom stereocenters. The van der Waals surface area contributed by atoms with Gasteiger partial charge in [0.25, 0.3) is 0 Å². The van der Waals surface area contributed by atoms with E-state index in [1.54, 1.807) is 24.2 Å². The van der Waals surface area contributed by atoms with Gasteiger partial charge >= 0.3 is 0 Å². The van der Waals surface area contributed by atoms with Gasteiger partial charge in [-0.1, -0.05) is 53.7 Å². The quantitative estimate of drug-likeness (QED) is 0.360. The third kappa shape index (κ3) is 3.69. The van der Waals surface area contributed by atoms with Gasteiger partial charge in [-0.25, -0.2) is 0 Å². The van der Waals surface area contributed by atoms with Crippen LogP contribution in [-0.4, -0.2) is 24.7 Å². The Labute approximate surface area is 178 Å². The molecular formula is C24H19N5S. The Balaban J connectivity index is 1.51. The summed E-state index contributed by atoms with van der Waals surface area (Å²) in [5.41, 5.74) is 5.25. The number of aryl methyl sites for hydroxylation is 1. The molecule has 0 fully saturated rings. The molecule has 2 aromatic carbocycles. The summed E-state index contributed by atoms with van der Waals surface area (Å²) in [4.78, 5) is 8.90. The van der Waals surface area contributed by atoms with Crippen LogP contribution in [0.25, 0.3) is 28.0 Å². The Hall–Kier alpha value is -3.51. The van der Waals surface area contributed by atoms with Crippen molar-refractivity contribution in [3.63, 3.8) is 0 Å². The first-order chi connectivity index (χ1) is 14.8. The molecule has 0 aliphatic rings. The number of nitrogens with zero attached hydrogens (tertiary/aromatic N) is 5. The smallest absolute Gasteiger partial charge is 0.196 e. The van der Waals surface area contributed by atoms with Crippen LogP contribution in [0, 0.1) is 6.92 Å². The van der Waals surface area contributed by atoms with E-state index in [-0.39, 0.29) is 0 Å². The summed E-state index contributed by atoms with van der Waals surface area (Å²) >= 11 is 1.63. The van der Waals surface area contributed by atoms with Gasteiger partial charge in [0, 0.05) is 34.8 Å². The van der Waals surface area contributed by atoms with Gasteiger partial charge in [0.1, 0.15) is 0 Å². The van der Waals surface area contributed by atoms with Crippen LogP contribution in [0.15, 0.2) is 90.3 Å². The minimum atomic E-state index is 0.713. The van der Waals surface area contributed by atoms with Gasteiger partial charge in [-0.05, 0) is 43.3 Å². The molecule has 0 amide bonds. The first-order valence-corrected chi connectivity index (χ1v) is 10.7. The van der Waals surface area contributed by atoms with Crippen LogP contribution in [0.4, 0.5) is 0 Å². The predicted octanol–water partition coefficient (Wildman–Crippen LogP) is 5.48. The average molecular weight is 410 g/mol. The highest BCUT2D eigenvalue weighted by molar-refractivity contribution is 7.98. The standard InChI is InChI=1S/C24H19N5S/c1-17-6-10-21(11-7-17)29-23(19-12-14-25-15-13-19)27-28-24(29)30-16-20-9-8-18-4-2-3-5-22(18)26-20/h2-15H,16H2,1H3. The topological polar surface area (TPSA) is 56.5 Å². The van der Waals surface area contributed by atoms with Gasteiger partial charge in [-0.2, -0.15) is 0 Å². The Morgan fingerprint density at radius 1 is 0.833 bits per heavy atom. The lowest BCUT2D eigenvalue weighted by Gasteiger charge is -2.11. The van der Waals surface area contributed by atoms with Crippen molar-refractivity contribution in [1.29, 1.82) is 0 Å². The molecule has 30 heavy (non-hydrogen) atoms. The van der Waals surface area contributed by atoms with Crippen molar-refractivity contribution in [3.05, 3.63) is 96.4 Å². The molecule has 0 atom stereocenters. The second-order valence-electron chi connectivity index (χ2n) is 7.00. The van der Waals surface area contributed by atoms with Crippen molar-refractivity contribution in [2.24, 2.45) is 0 Å². The minimum Gasteiger partial charge on any atom is -0.270 e. The molecule has 0 aliphatic heterocycles. The predicted molar refractivity (Wildman–Crippen MR) is 121 cm³/mol. The zero-order valence-electron chi connectivity index (χ0n) is 16.4. The van der Waals surface area contributed by atoms with Gasteiger partial charge < -0.3 is 0 Å². The van der Waals surface area contributed by atoms with Crippen molar-refractivity contribution in [1.82, 2.24) is 24.7 Å². The molecule has 146 valence electrons. The number of thioether (sulfide) groups is 1. The SMILES string of the molecule is Cc1ccc(-n2c(SCc3ccc4ccccc4n3)nnc2-c2ccncc2)cc1. The second-order valence-corrected chi connectivity index (χ2v) is 7.94. The molecule has 5 aromatic rings. The lowest BCUT2D eigenvalue weighted by molar-refractivity contribution is 0.885. The van der Waals surface area contributed by atoms with Crippen LogP contribution in [0.1, 0.15) is 11.3 Å². The zero-order valence-corrected chi connectivity index (χ0v) is 17.3. The molecule has 6 heteroatoms. The van der Waals surface area contributed by atoms with Crippen LogP contribution >= 0.6 is 11.8 Å². The van der Waals surface area contributed by atoms with Gasteiger partial charge in [0.15, 0.2) is 11.0 Å². The van der Waals surface area contributed by atoms with E-state index < -0.39 is 0 Å². The van der Waals surface area contributed by atoms with E-state index >= 15 is 0 Å². The van der Waals surface area contributed by atoms with E-state index in [1.165, 1.54) is 5.56 Å². The summed E-state index contributed by atoms with van der Waals surface area (Å²) in [7, 11) is 0. The fourth-order valence-corrected chi connectivity index (χ4v) is 4.16. The monoisotopic (exact) mass is 409 g/mol. The largest absolute Gasteiger partial charge is 0.270 e. The maximum atomic E-state index is 4.78. The Morgan fingerprint density at radius 2 is 1.63 bits per heavy atom. The lowest BCUT2D eigenvalue weighted by atomic mass is 10.2. The van der Waals surface area contributed by atoms with Crippen molar-refractivity contribution in [2.75, 3.05) is 0 Å². The second kappa shape index (κ2) is 8.08. The molecular weight excluding hydrogens is 390 g/mol. The number of fused-ring (bicyclic) bond motifs is 1. The lowest BCUT2D eigenvalue weighted by Crippen LogP contribution is -2.00. The van der Waals surface area contributed by atoms with Gasteiger partial charge in [0.2, 0.25) is 0 Å². The highest BCUT2D eigenvalue weighted by atomic mass is 32.2. The number of hydrogen-bond acceptors (Lipinski definition) is 5. The highest BCUT2D eigenvalue weighted by Crippen LogP contribution is 2.29. The van der Waals surface area contributed by atoms with Gasteiger partial charge in [-0.15, -0.1) is 10.2 Å². The van der Waals surface area contributed by atoms with E-state index in [9.17, 15) is 0 Å². The van der Waals surface area contributed by atoms with Crippen molar-refractivity contribution < 1.29 is 0 Å². The normalized spacial score (nSPS) is 11.1. The minimum absolute atomic E-state index is 0.713.